The van der Waals surface area contributed by atoms with Crippen LogP contribution in [-0.2, 0) is 19.1 Å². The number of carbonyl (C=O) groups is 4. The van der Waals surface area contributed by atoms with E-state index in [0.29, 0.717) is 6.54 Å². The van der Waals surface area contributed by atoms with Crippen LogP contribution in [0.1, 0.15) is 82.7 Å². The predicted octanol–water partition coefficient (Wildman–Crippen LogP) is 7.27. The maximum atomic E-state index is 13.7. The number of hydrogen-bond donors (Lipinski definition) is 4. The number of nitrogens with one attached hydrogen (secondary N) is 4. The lowest BCUT2D eigenvalue weighted by atomic mass is 9.99. The second-order valence-corrected chi connectivity index (χ2v) is 16.9. The number of aromatic nitrogens is 4. The number of H-pyrrole nitrogens is 2. The summed E-state index contributed by atoms with van der Waals surface area (Å²) in [5, 5.41) is 7.54. The van der Waals surface area contributed by atoms with Crippen LogP contribution in [-0.4, -0.2) is 99.6 Å². The zero-order valence-electron chi connectivity index (χ0n) is 33.6. The molecule has 7 rings (SSSR count). The van der Waals surface area contributed by atoms with Crippen molar-refractivity contribution >= 4 is 57.0 Å². The number of aryl methyl sites for hydroxylation is 1. The van der Waals surface area contributed by atoms with E-state index < -0.39 is 24.3 Å². The number of benzene rings is 2. The van der Waals surface area contributed by atoms with E-state index in [1.54, 1.807) is 11.3 Å². The lowest BCUT2D eigenvalue weighted by molar-refractivity contribution is -0.135. The molecule has 0 saturated carbocycles. The monoisotopic (exact) mass is 796 g/mol. The molecule has 3 aromatic heterocycles. The number of nitrogens with zero attached hydrogens (tertiary/aromatic N) is 4. The molecule has 0 aliphatic carbocycles. The average molecular weight is 797 g/mol. The van der Waals surface area contributed by atoms with E-state index in [1.807, 2.05) is 44.9 Å². The van der Waals surface area contributed by atoms with Crippen LogP contribution in [0, 0.1) is 18.8 Å². The third kappa shape index (κ3) is 8.13. The summed E-state index contributed by atoms with van der Waals surface area (Å²) in [6.45, 7) is 11.4. The fourth-order valence-corrected chi connectivity index (χ4v) is 9.42. The zero-order valence-corrected chi connectivity index (χ0v) is 34.4. The minimum Gasteiger partial charge on any atom is -0.453 e. The first-order valence-electron chi connectivity index (χ1n) is 19.7. The van der Waals surface area contributed by atoms with Gasteiger partial charge in [0.2, 0.25) is 5.91 Å². The van der Waals surface area contributed by atoms with Gasteiger partial charge in [-0.05, 0) is 85.7 Å². The SMILES string of the molecule is COC(=O)N[C@H](C(=O)CN1CCC[C@H]1c1ncc(-c2cc(C)c(-c3ccc4c(ccc5nc([C@@H]6CCCN6C(=O)[C@@H](NC(=O)OC)C(C)C)[nH]c54)c3)s2)[nH]1)C(C)C. The molecular weight excluding hydrogens is 745 g/mol. The largest absolute Gasteiger partial charge is 0.453 e. The first-order chi connectivity index (χ1) is 27.4. The zero-order chi connectivity index (χ0) is 40.5. The molecule has 0 radical (unpaired) electrons. The number of thiophene rings is 1. The summed E-state index contributed by atoms with van der Waals surface area (Å²) in [5.41, 5.74) is 4.97. The molecule has 4 atom stereocenters. The van der Waals surface area contributed by atoms with Gasteiger partial charge in [0, 0.05) is 16.8 Å². The molecule has 14 nitrogen and oxygen atoms in total. The quantitative estimate of drug-likeness (QED) is 0.101. The van der Waals surface area contributed by atoms with Crippen molar-refractivity contribution < 1.29 is 28.7 Å². The van der Waals surface area contributed by atoms with Crippen LogP contribution >= 0.6 is 11.3 Å². The van der Waals surface area contributed by atoms with E-state index in [9.17, 15) is 19.2 Å². The number of Topliss-reactive ketones (excluding diaryl/α,β-unsaturated/α-hetero) is 1. The number of alkyl carbamates (subject to hydrolysis) is 2. The molecule has 2 aliphatic rings. The first kappa shape index (κ1) is 39.9. The van der Waals surface area contributed by atoms with Gasteiger partial charge in [0.05, 0.1) is 66.7 Å². The normalized spacial score (nSPS) is 18.4. The van der Waals surface area contributed by atoms with Gasteiger partial charge in [0.25, 0.3) is 0 Å². The van der Waals surface area contributed by atoms with Crippen LogP contribution < -0.4 is 10.6 Å². The van der Waals surface area contributed by atoms with Crippen LogP contribution in [0.3, 0.4) is 0 Å². The molecule has 302 valence electrons. The smallest absolute Gasteiger partial charge is 0.407 e. The first-order valence-corrected chi connectivity index (χ1v) is 20.5. The van der Waals surface area contributed by atoms with Crippen molar-refractivity contribution in [1.29, 1.82) is 0 Å². The number of amides is 3. The second kappa shape index (κ2) is 16.7. The summed E-state index contributed by atoms with van der Waals surface area (Å²) in [6.07, 6.45) is 4.12. The second-order valence-electron chi connectivity index (χ2n) is 15.8. The summed E-state index contributed by atoms with van der Waals surface area (Å²) in [5.74, 6) is 1.22. The summed E-state index contributed by atoms with van der Waals surface area (Å²) < 4.78 is 9.54. The highest BCUT2D eigenvalue weighted by atomic mass is 32.1. The molecule has 4 N–H and O–H groups in total. The van der Waals surface area contributed by atoms with Gasteiger partial charge in [0.1, 0.15) is 17.7 Å². The lowest BCUT2D eigenvalue weighted by Gasteiger charge is -2.29. The van der Waals surface area contributed by atoms with Gasteiger partial charge in [-0.25, -0.2) is 19.6 Å². The van der Waals surface area contributed by atoms with Crippen LogP contribution in [0.5, 0.6) is 0 Å². The Morgan fingerprint density at radius 2 is 1.58 bits per heavy atom. The van der Waals surface area contributed by atoms with E-state index in [-0.39, 0.29) is 42.2 Å². The molecule has 2 fully saturated rings. The van der Waals surface area contributed by atoms with Crippen molar-refractivity contribution in [3.05, 3.63) is 59.8 Å². The Bertz CT molecular complexity index is 2290. The van der Waals surface area contributed by atoms with Crippen LogP contribution in [0.15, 0.2) is 42.6 Å². The van der Waals surface area contributed by atoms with Crippen molar-refractivity contribution in [2.24, 2.45) is 11.8 Å². The van der Waals surface area contributed by atoms with E-state index in [2.05, 4.69) is 62.8 Å². The maximum Gasteiger partial charge on any atom is 0.407 e. The van der Waals surface area contributed by atoms with Gasteiger partial charge in [-0.3, -0.25) is 14.5 Å². The molecule has 0 bridgehead atoms. The summed E-state index contributed by atoms with van der Waals surface area (Å²) in [4.78, 5) is 74.1. The number of fused-ring (bicyclic) bond motifs is 3. The van der Waals surface area contributed by atoms with E-state index in [1.165, 1.54) is 19.1 Å². The summed E-state index contributed by atoms with van der Waals surface area (Å²) >= 11 is 1.71. The molecule has 2 aliphatic heterocycles. The maximum absolute atomic E-state index is 13.7. The molecule has 5 aromatic rings. The predicted molar refractivity (Wildman–Crippen MR) is 220 cm³/mol. The number of imidazole rings is 2. The van der Waals surface area contributed by atoms with Gasteiger partial charge >= 0.3 is 12.2 Å². The van der Waals surface area contributed by atoms with Crippen molar-refractivity contribution in [2.75, 3.05) is 33.9 Å². The van der Waals surface area contributed by atoms with Gasteiger partial charge in [-0.15, -0.1) is 11.3 Å². The summed E-state index contributed by atoms with van der Waals surface area (Å²) in [7, 11) is 2.59. The van der Waals surface area contributed by atoms with Crippen LogP contribution in [0.25, 0.3) is 42.8 Å². The molecule has 3 amide bonds. The molecule has 5 heterocycles. The number of rotatable bonds is 12. The third-order valence-corrected chi connectivity index (χ3v) is 12.6. The molecule has 57 heavy (non-hydrogen) atoms. The third-order valence-electron chi connectivity index (χ3n) is 11.3. The number of aromatic amines is 2. The fourth-order valence-electron chi connectivity index (χ4n) is 8.28. The Morgan fingerprint density at radius 3 is 2.30 bits per heavy atom. The molecule has 2 saturated heterocycles. The molecule has 2 aromatic carbocycles. The number of likely N-dealkylation sites (tertiary alicyclic amines) is 2. The molecular formula is C42H52N8O6S. The Morgan fingerprint density at radius 1 is 0.877 bits per heavy atom. The van der Waals surface area contributed by atoms with Gasteiger partial charge in [-0.2, -0.15) is 0 Å². The Kier molecular flexibility index (Phi) is 11.7. The number of ketones is 1. The van der Waals surface area contributed by atoms with Gasteiger partial charge in [0.15, 0.2) is 5.78 Å². The molecule has 0 unspecified atom stereocenters. The standard InChI is InChI=1S/C42H52N8O6S/c1-22(2)34(47-41(53)55-6)32(51)21-49-16-8-10-30(49)38-43-20-29(45-38)33-18-24(5)37(57-33)26-12-14-27-25(19-26)13-15-28-36(27)46-39(44-28)31-11-9-17-50(31)40(52)35(23(3)4)48-42(54)56-7/h12-15,18-20,22-23,30-31,34-35H,8-11,16-17,21H2,1-7H3,(H,43,45)(H,44,46)(H,47,53)(H,48,54)/t30-,31-,34-,35-/m0/s1. The number of ether oxygens (including phenoxy) is 2. The van der Waals surface area contributed by atoms with Gasteiger partial charge < -0.3 is 35.0 Å². The van der Waals surface area contributed by atoms with Crippen molar-refractivity contribution in [3.63, 3.8) is 0 Å². The van der Waals surface area contributed by atoms with E-state index in [0.717, 1.165) is 87.4 Å². The minimum absolute atomic E-state index is 0.0211. The van der Waals surface area contributed by atoms with Crippen molar-refractivity contribution in [1.82, 2.24) is 40.4 Å². The number of carbonyl (C=O) groups excluding carboxylic acids is 4. The average Bonchev–Trinajstić information content (AvgIpc) is 4.04. The Labute approximate surface area is 336 Å². The number of hydrogen-bond acceptors (Lipinski definition) is 10. The highest BCUT2D eigenvalue weighted by molar-refractivity contribution is 7.19. The topological polar surface area (TPSA) is 175 Å². The summed E-state index contributed by atoms with van der Waals surface area (Å²) in [6, 6.07) is 11.2. The number of methoxy groups -OCH3 is 2. The van der Waals surface area contributed by atoms with Crippen LogP contribution in [0.4, 0.5) is 9.59 Å². The molecule has 15 heteroatoms. The highest BCUT2D eigenvalue weighted by Gasteiger charge is 2.38. The highest BCUT2D eigenvalue weighted by Crippen LogP contribution is 2.41. The van der Waals surface area contributed by atoms with Crippen molar-refractivity contribution in [2.45, 2.75) is 84.5 Å². The molecule has 0 spiro atoms. The van der Waals surface area contributed by atoms with Crippen molar-refractivity contribution in [3.8, 4) is 21.0 Å². The lowest BCUT2D eigenvalue weighted by Crippen LogP contribution is -2.51. The van der Waals surface area contributed by atoms with Gasteiger partial charge in [-0.1, -0.05) is 45.9 Å². The Hall–Kier alpha value is -5.28. The van der Waals surface area contributed by atoms with E-state index >= 15 is 0 Å². The van der Waals surface area contributed by atoms with Crippen LogP contribution in [0.2, 0.25) is 0 Å². The van der Waals surface area contributed by atoms with E-state index in [4.69, 9.17) is 19.4 Å². The Balaban J connectivity index is 1.08. The fraction of sp³-hybridized carbons (Fsp3) is 0.476. The minimum atomic E-state index is -0.694.